The first-order chi connectivity index (χ1) is 9.58. The lowest BCUT2D eigenvalue weighted by molar-refractivity contribution is 0.310. The Balaban J connectivity index is 1.78. The zero-order valence-electron chi connectivity index (χ0n) is 10.9. The quantitative estimate of drug-likeness (QED) is 0.547. The Kier molecular flexibility index (Phi) is 6.55. The Labute approximate surface area is 148 Å². The van der Waals surface area contributed by atoms with Gasteiger partial charge in [-0.05, 0) is 67.9 Å². The molecule has 0 bridgehead atoms. The maximum Gasteiger partial charge on any atom is 0.147 e. The van der Waals surface area contributed by atoms with E-state index in [4.69, 9.17) is 4.74 Å². The van der Waals surface area contributed by atoms with Crippen LogP contribution in [0.25, 0.3) is 0 Å². The van der Waals surface area contributed by atoms with Crippen LogP contribution in [0.15, 0.2) is 37.0 Å². The minimum Gasteiger partial charge on any atom is -0.490 e. The topological polar surface area (TPSA) is 21.3 Å². The van der Waals surface area contributed by atoms with Gasteiger partial charge in [-0.3, -0.25) is 0 Å². The zero-order valence-corrected chi connectivity index (χ0v) is 16.5. The summed E-state index contributed by atoms with van der Waals surface area (Å²) < 4.78 is 8.68. The summed E-state index contributed by atoms with van der Waals surface area (Å²) in [4.78, 5) is 1.39. The average molecular weight is 484 g/mol. The van der Waals surface area contributed by atoms with Crippen molar-refractivity contribution in [2.24, 2.45) is 0 Å². The molecule has 0 unspecified atom stereocenters. The van der Waals surface area contributed by atoms with E-state index in [1.54, 1.807) is 11.3 Å². The fourth-order valence-electron chi connectivity index (χ4n) is 1.68. The van der Waals surface area contributed by atoms with Crippen molar-refractivity contribution in [3.63, 3.8) is 0 Å². The molecule has 0 saturated carbocycles. The molecule has 2 aromatic rings. The molecule has 6 heteroatoms. The molecule has 1 N–H and O–H groups in total. The summed E-state index contributed by atoms with van der Waals surface area (Å²) in [6.45, 7) is 4.48. The number of halogens is 3. The van der Waals surface area contributed by atoms with Crippen LogP contribution in [0.4, 0.5) is 0 Å². The molecule has 0 aliphatic heterocycles. The van der Waals surface area contributed by atoms with Crippen LogP contribution in [-0.2, 0) is 6.54 Å². The van der Waals surface area contributed by atoms with Crippen LogP contribution < -0.4 is 10.1 Å². The molecule has 0 amide bonds. The van der Waals surface area contributed by atoms with E-state index in [9.17, 15) is 0 Å². The predicted octanol–water partition coefficient (Wildman–Crippen LogP) is 5.51. The number of nitrogens with one attached hydrogen (secondary N) is 1. The Hall–Kier alpha value is 0.120. The SMILES string of the molecule is Cc1ccsc1CNCCOc1c(Br)cc(Br)cc1Br. The minimum absolute atomic E-state index is 0.628. The van der Waals surface area contributed by atoms with Gasteiger partial charge in [-0.15, -0.1) is 11.3 Å². The number of rotatable bonds is 6. The predicted molar refractivity (Wildman–Crippen MR) is 95.8 cm³/mol. The molecule has 0 atom stereocenters. The van der Waals surface area contributed by atoms with Gasteiger partial charge in [-0.2, -0.15) is 0 Å². The maximum absolute atomic E-state index is 5.80. The molecule has 108 valence electrons. The highest BCUT2D eigenvalue weighted by Gasteiger charge is 2.08. The van der Waals surface area contributed by atoms with Gasteiger partial charge < -0.3 is 10.1 Å². The van der Waals surface area contributed by atoms with Gasteiger partial charge in [0, 0.05) is 22.4 Å². The third kappa shape index (κ3) is 4.56. The number of hydrogen-bond donors (Lipinski definition) is 1. The van der Waals surface area contributed by atoms with Gasteiger partial charge >= 0.3 is 0 Å². The second-order valence-corrected chi connectivity index (χ2v) is 7.88. The van der Waals surface area contributed by atoms with Gasteiger partial charge in [0.2, 0.25) is 0 Å². The second kappa shape index (κ2) is 7.94. The Bertz CT molecular complexity index is 563. The van der Waals surface area contributed by atoms with Crippen molar-refractivity contribution in [3.05, 3.63) is 47.4 Å². The molecule has 1 heterocycles. The summed E-state index contributed by atoms with van der Waals surface area (Å²) in [6, 6.07) is 6.10. The van der Waals surface area contributed by atoms with Gasteiger partial charge in [0.15, 0.2) is 0 Å². The van der Waals surface area contributed by atoms with Crippen molar-refractivity contribution < 1.29 is 4.74 Å². The zero-order chi connectivity index (χ0) is 14.5. The maximum atomic E-state index is 5.80. The average Bonchev–Trinajstić information content (AvgIpc) is 2.77. The van der Waals surface area contributed by atoms with Crippen molar-refractivity contribution in [2.45, 2.75) is 13.5 Å². The van der Waals surface area contributed by atoms with Crippen molar-refractivity contribution in [2.75, 3.05) is 13.2 Å². The number of hydrogen-bond acceptors (Lipinski definition) is 3. The van der Waals surface area contributed by atoms with Crippen molar-refractivity contribution >= 4 is 59.1 Å². The first-order valence-electron chi connectivity index (χ1n) is 6.09. The molecule has 1 aromatic heterocycles. The van der Waals surface area contributed by atoms with E-state index in [0.29, 0.717) is 6.61 Å². The fourth-order valence-corrected chi connectivity index (χ4v) is 5.04. The number of aryl methyl sites for hydroxylation is 1. The van der Waals surface area contributed by atoms with E-state index < -0.39 is 0 Å². The van der Waals surface area contributed by atoms with E-state index in [0.717, 1.165) is 32.3 Å². The molecule has 0 aliphatic carbocycles. The molecule has 0 spiro atoms. The van der Waals surface area contributed by atoms with Crippen LogP contribution in [0.5, 0.6) is 5.75 Å². The Morgan fingerprint density at radius 3 is 2.50 bits per heavy atom. The second-order valence-electron chi connectivity index (χ2n) is 4.25. The molecular weight excluding hydrogens is 470 g/mol. The summed E-state index contributed by atoms with van der Waals surface area (Å²) in [7, 11) is 0. The molecule has 1 aromatic carbocycles. The number of thiophene rings is 1. The molecule has 0 aliphatic rings. The van der Waals surface area contributed by atoms with Crippen LogP contribution in [0.1, 0.15) is 10.4 Å². The van der Waals surface area contributed by atoms with E-state index >= 15 is 0 Å². The van der Waals surface area contributed by atoms with Crippen LogP contribution in [0, 0.1) is 6.92 Å². The van der Waals surface area contributed by atoms with E-state index in [1.165, 1.54) is 10.4 Å². The third-order valence-electron chi connectivity index (χ3n) is 2.74. The lowest BCUT2D eigenvalue weighted by Crippen LogP contribution is -2.20. The molecule has 20 heavy (non-hydrogen) atoms. The van der Waals surface area contributed by atoms with Gasteiger partial charge in [0.05, 0.1) is 8.95 Å². The molecule has 2 rings (SSSR count). The van der Waals surface area contributed by atoms with Gasteiger partial charge in [0.1, 0.15) is 12.4 Å². The third-order valence-corrected chi connectivity index (χ3v) is 5.40. The Morgan fingerprint density at radius 2 is 1.90 bits per heavy atom. The lowest BCUT2D eigenvalue weighted by Gasteiger charge is -2.11. The molecule has 0 fully saturated rings. The highest BCUT2D eigenvalue weighted by molar-refractivity contribution is 9.11. The first-order valence-corrected chi connectivity index (χ1v) is 9.35. The minimum atomic E-state index is 0.628. The van der Waals surface area contributed by atoms with Crippen LogP contribution in [0.3, 0.4) is 0 Å². The largest absolute Gasteiger partial charge is 0.490 e. The van der Waals surface area contributed by atoms with E-state index in [-0.39, 0.29) is 0 Å². The number of ether oxygens (including phenoxy) is 1. The Morgan fingerprint density at radius 1 is 1.20 bits per heavy atom. The summed E-state index contributed by atoms with van der Waals surface area (Å²) in [6.07, 6.45) is 0. The van der Waals surface area contributed by atoms with Crippen LogP contribution in [-0.4, -0.2) is 13.2 Å². The molecule has 2 nitrogen and oxygen atoms in total. The highest BCUT2D eigenvalue weighted by atomic mass is 79.9. The van der Waals surface area contributed by atoms with Gasteiger partial charge in [0.25, 0.3) is 0 Å². The lowest BCUT2D eigenvalue weighted by atomic mass is 10.3. The van der Waals surface area contributed by atoms with Gasteiger partial charge in [-0.25, -0.2) is 0 Å². The molecule has 0 saturated heterocycles. The monoisotopic (exact) mass is 481 g/mol. The first kappa shape index (κ1) is 16.5. The smallest absolute Gasteiger partial charge is 0.147 e. The fraction of sp³-hybridized carbons (Fsp3) is 0.286. The van der Waals surface area contributed by atoms with Crippen LogP contribution in [0.2, 0.25) is 0 Å². The standard InChI is InChI=1S/C14H14Br3NOS/c1-9-2-5-20-13(9)8-18-3-4-19-14-11(16)6-10(15)7-12(14)17/h2,5-7,18H,3-4,8H2,1H3. The summed E-state index contributed by atoms with van der Waals surface area (Å²) in [5.41, 5.74) is 1.35. The number of benzene rings is 1. The van der Waals surface area contributed by atoms with Gasteiger partial charge in [-0.1, -0.05) is 15.9 Å². The van der Waals surface area contributed by atoms with E-state index in [1.807, 2.05) is 12.1 Å². The highest BCUT2D eigenvalue weighted by Crippen LogP contribution is 2.36. The van der Waals surface area contributed by atoms with E-state index in [2.05, 4.69) is 71.5 Å². The van der Waals surface area contributed by atoms with Crippen molar-refractivity contribution in [3.8, 4) is 5.75 Å². The molecular formula is C14H14Br3NOS. The van der Waals surface area contributed by atoms with Crippen molar-refractivity contribution in [1.29, 1.82) is 0 Å². The normalized spacial score (nSPS) is 10.8. The summed E-state index contributed by atoms with van der Waals surface area (Å²) >= 11 is 12.2. The van der Waals surface area contributed by atoms with Crippen molar-refractivity contribution in [1.82, 2.24) is 5.32 Å². The molecule has 0 radical (unpaired) electrons. The van der Waals surface area contributed by atoms with Crippen LogP contribution >= 0.6 is 59.1 Å². The summed E-state index contributed by atoms with van der Waals surface area (Å²) in [5, 5.41) is 5.52. The summed E-state index contributed by atoms with van der Waals surface area (Å²) in [5.74, 6) is 0.835.